The first-order valence-corrected chi connectivity index (χ1v) is 2.57. The van der Waals surface area contributed by atoms with Gasteiger partial charge in [-0.05, 0) is 9.36 Å². The number of rotatable bonds is 0. The number of hydrogen-bond acceptors (Lipinski definition) is 0. The van der Waals surface area contributed by atoms with Crippen molar-refractivity contribution in [2.45, 2.75) is 0 Å². The van der Waals surface area contributed by atoms with Gasteiger partial charge in [-0.1, -0.05) is 0 Å². The van der Waals surface area contributed by atoms with E-state index < -0.39 is 0 Å². The SMILES string of the molecule is Cn1c[n+](C)c[n+]1C. The van der Waals surface area contributed by atoms with Gasteiger partial charge in [-0.3, -0.25) is 0 Å². The standard InChI is InChI=1S/C5H11N3/c1-6-4-7(2)8(3)5-6/h4-5H,1-3H3/q+2. The van der Waals surface area contributed by atoms with Crippen LogP contribution in [0.5, 0.6) is 0 Å². The molecule has 0 saturated heterocycles. The fourth-order valence-corrected chi connectivity index (χ4v) is 0.720. The van der Waals surface area contributed by atoms with Crippen molar-refractivity contribution in [2.24, 2.45) is 21.1 Å². The summed E-state index contributed by atoms with van der Waals surface area (Å²) < 4.78 is 6.00. The van der Waals surface area contributed by atoms with Gasteiger partial charge < -0.3 is 0 Å². The Kier molecular flexibility index (Phi) is 1.04. The average Bonchev–Trinajstić information content (AvgIpc) is 1.85. The summed E-state index contributed by atoms with van der Waals surface area (Å²) in [7, 11) is 6.00. The molecule has 3 nitrogen and oxygen atoms in total. The van der Waals surface area contributed by atoms with Gasteiger partial charge in [0.05, 0.1) is 0 Å². The summed E-state index contributed by atoms with van der Waals surface area (Å²) in [5.74, 6) is 0. The normalized spacial score (nSPS) is 9.88. The molecule has 0 fully saturated rings. The summed E-state index contributed by atoms with van der Waals surface area (Å²) in [6.45, 7) is 0. The molecule has 0 N–H and O–H groups in total. The highest BCUT2D eigenvalue weighted by Gasteiger charge is 2.05. The largest absolute Gasteiger partial charge is 0.345 e. The van der Waals surface area contributed by atoms with E-state index in [-0.39, 0.29) is 0 Å². The van der Waals surface area contributed by atoms with Crippen LogP contribution in [-0.4, -0.2) is 4.68 Å². The molecule has 8 heavy (non-hydrogen) atoms. The van der Waals surface area contributed by atoms with Gasteiger partial charge in [0, 0.05) is 0 Å². The lowest BCUT2D eigenvalue weighted by atomic mass is 11.1. The number of aromatic nitrogens is 3. The monoisotopic (exact) mass is 113 g/mol. The molecule has 1 heterocycles. The van der Waals surface area contributed by atoms with E-state index in [2.05, 4.69) is 0 Å². The van der Waals surface area contributed by atoms with E-state index >= 15 is 0 Å². The Balaban J connectivity index is 3.14. The predicted molar refractivity (Wildman–Crippen MR) is 27.8 cm³/mol. The summed E-state index contributed by atoms with van der Waals surface area (Å²) >= 11 is 0. The molecule has 0 atom stereocenters. The van der Waals surface area contributed by atoms with Crippen LogP contribution in [0.1, 0.15) is 0 Å². The molecule has 0 spiro atoms. The molecule has 3 heteroatoms. The molecule has 44 valence electrons. The Labute approximate surface area is 48.8 Å². The molecule has 0 radical (unpaired) electrons. The highest BCUT2D eigenvalue weighted by atomic mass is 15.4. The van der Waals surface area contributed by atoms with Gasteiger partial charge in [-0.25, -0.2) is 0 Å². The van der Waals surface area contributed by atoms with E-state index in [9.17, 15) is 0 Å². The maximum Gasteiger partial charge on any atom is 0.345 e. The van der Waals surface area contributed by atoms with Crippen LogP contribution in [0.15, 0.2) is 12.7 Å². The molecule has 0 bridgehead atoms. The van der Waals surface area contributed by atoms with Gasteiger partial charge in [0.25, 0.3) is 0 Å². The molecule has 0 amide bonds. The van der Waals surface area contributed by atoms with E-state index in [1.54, 1.807) is 0 Å². The second-order valence-electron chi connectivity index (χ2n) is 2.04. The van der Waals surface area contributed by atoms with Crippen LogP contribution in [0.2, 0.25) is 0 Å². The third kappa shape index (κ3) is 0.710. The van der Waals surface area contributed by atoms with Gasteiger partial charge >= 0.3 is 12.7 Å². The highest BCUT2D eigenvalue weighted by Crippen LogP contribution is 1.59. The van der Waals surface area contributed by atoms with Crippen LogP contribution in [-0.2, 0) is 21.1 Å². The minimum atomic E-state index is 2.00. The quantitative estimate of drug-likeness (QED) is 0.370. The molecular formula is C5H11N3+2. The molecular weight excluding hydrogens is 102 g/mol. The van der Waals surface area contributed by atoms with Gasteiger partial charge in [-0.2, -0.15) is 4.57 Å². The maximum absolute atomic E-state index is 2.00. The van der Waals surface area contributed by atoms with Crippen LogP contribution in [0, 0.1) is 0 Å². The number of hydrogen-bond donors (Lipinski definition) is 0. The first-order valence-electron chi connectivity index (χ1n) is 2.57. The molecule has 1 rings (SSSR count). The van der Waals surface area contributed by atoms with Crippen molar-refractivity contribution < 1.29 is 9.25 Å². The van der Waals surface area contributed by atoms with Gasteiger partial charge in [0.2, 0.25) is 0 Å². The lowest BCUT2D eigenvalue weighted by Gasteiger charge is -1.71. The molecule has 0 aliphatic heterocycles. The first kappa shape index (κ1) is 5.28. The lowest BCUT2D eigenvalue weighted by Crippen LogP contribution is -2.37. The molecule has 0 aliphatic carbocycles. The molecule has 1 aromatic heterocycles. The maximum atomic E-state index is 2.00. The Hall–Kier alpha value is -0.860. The van der Waals surface area contributed by atoms with Crippen LogP contribution in [0.25, 0.3) is 0 Å². The van der Waals surface area contributed by atoms with Crippen molar-refractivity contribution in [2.75, 3.05) is 0 Å². The van der Waals surface area contributed by atoms with Crippen molar-refractivity contribution in [1.82, 2.24) is 4.68 Å². The predicted octanol–water partition coefficient (Wildman–Crippen LogP) is -1.33. The average molecular weight is 113 g/mol. The minimum absolute atomic E-state index is 2.00. The molecule has 0 unspecified atom stereocenters. The summed E-state index contributed by atoms with van der Waals surface area (Å²) in [6, 6.07) is 0. The summed E-state index contributed by atoms with van der Waals surface area (Å²) in [5.41, 5.74) is 0. The summed E-state index contributed by atoms with van der Waals surface area (Å²) in [6.07, 6.45) is 4.00. The molecule has 1 aromatic rings. The van der Waals surface area contributed by atoms with Crippen molar-refractivity contribution >= 4 is 0 Å². The van der Waals surface area contributed by atoms with E-state index in [4.69, 9.17) is 0 Å². The van der Waals surface area contributed by atoms with Crippen molar-refractivity contribution in [3.05, 3.63) is 12.7 Å². The molecule has 0 aromatic carbocycles. The smallest absolute Gasteiger partial charge is 0.163 e. The summed E-state index contributed by atoms with van der Waals surface area (Å²) in [4.78, 5) is 0. The zero-order chi connectivity index (χ0) is 6.15. The van der Waals surface area contributed by atoms with Crippen molar-refractivity contribution in [3.8, 4) is 0 Å². The second-order valence-corrected chi connectivity index (χ2v) is 2.04. The van der Waals surface area contributed by atoms with Crippen LogP contribution in [0.4, 0.5) is 0 Å². The lowest BCUT2D eigenvalue weighted by molar-refractivity contribution is -0.805. The van der Waals surface area contributed by atoms with E-state index in [1.807, 2.05) is 47.7 Å². The van der Waals surface area contributed by atoms with Gasteiger partial charge in [-0.15, -0.1) is 0 Å². The Morgan fingerprint density at radius 3 is 2.12 bits per heavy atom. The third-order valence-electron chi connectivity index (χ3n) is 1.20. The Morgan fingerprint density at radius 1 is 1.38 bits per heavy atom. The van der Waals surface area contributed by atoms with Crippen molar-refractivity contribution in [3.63, 3.8) is 0 Å². The van der Waals surface area contributed by atoms with E-state index in [0.717, 1.165) is 0 Å². The zero-order valence-electron chi connectivity index (χ0n) is 5.50. The molecule has 0 aliphatic rings. The Bertz CT molecular complexity index is 170. The molecule has 0 saturated carbocycles. The van der Waals surface area contributed by atoms with E-state index in [0.29, 0.717) is 0 Å². The fourth-order valence-electron chi connectivity index (χ4n) is 0.720. The van der Waals surface area contributed by atoms with Crippen LogP contribution in [0.3, 0.4) is 0 Å². The third-order valence-corrected chi connectivity index (χ3v) is 1.20. The zero-order valence-corrected chi connectivity index (χ0v) is 5.50. The first-order chi connectivity index (χ1) is 3.70. The number of aryl methyl sites for hydroxylation is 3. The minimum Gasteiger partial charge on any atom is -0.163 e. The van der Waals surface area contributed by atoms with Gasteiger partial charge in [0.1, 0.15) is 21.1 Å². The fraction of sp³-hybridized carbons (Fsp3) is 0.600. The highest BCUT2D eigenvalue weighted by molar-refractivity contribution is 4.23. The topological polar surface area (TPSA) is 12.7 Å². The van der Waals surface area contributed by atoms with Crippen LogP contribution >= 0.6 is 0 Å². The Morgan fingerprint density at radius 2 is 2.00 bits per heavy atom. The van der Waals surface area contributed by atoms with Gasteiger partial charge in [0.15, 0.2) is 0 Å². The van der Waals surface area contributed by atoms with Crippen molar-refractivity contribution in [1.29, 1.82) is 0 Å². The second kappa shape index (κ2) is 1.58. The van der Waals surface area contributed by atoms with Crippen LogP contribution < -0.4 is 9.25 Å². The van der Waals surface area contributed by atoms with E-state index in [1.165, 1.54) is 0 Å². The summed E-state index contributed by atoms with van der Waals surface area (Å²) in [5, 5.41) is 0. The number of nitrogens with zero attached hydrogens (tertiary/aromatic N) is 3.